The molecule has 0 saturated carbocycles. The number of carbonyl (C=O) groups excluding carboxylic acids is 1. The fourth-order valence-electron chi connectivity index (χ4n) is 5.48. The van der Waals surface area contributed by atoms with Crippen LogP contribution >= 0.6 is 0 Å². The molecule has 0 radical (unpaired) electrons. The summed E-state index contributed by atoms with van der Waals surface area (Å²) < 4.78 is 16.7. The molecule has 1 heterocycles. The van der Waals surface area contributed by atoms with Crippen molar-refractivity contribution in [2.75, 3.05) is 0 Å². The summed E-state index contributed by atoms with van der Waals surface area (Å²) >= 11 is 0. The van der Waals surface area contributed by atoms with Gasteiger partial charge in [0.05, 0.1) is 22.9 Å². The molecule has 4 heteroatoms. The summed E-state index contributed by atoms with van der Waals surface area (Å²) in [6, 6.07) is 40.3. The van der Waals surface area contributed by atoms with Gasteiger partial charge in [0, 0.05) is 0 Å². The fraction of sp³-hybridized carbons (Fsp3) is 0.0588. The van der Waals surface area contributed by atoms with E-state index in [0.29, 0.717) is 11.8 Å². The van der Waals surface area contributed by atoms with Crippen LogP contribution in [0.15, 0.2) is 128 Å². The number of benzene rings is 5. The number of halogens is 1. The maximum atomic E-state index is 14.5. The molecule has 6 aromatic rings. The Morgan fingerprint density at radius 2 is 1.29 bits per heavy atom. The van der Waals surface area contributed by atoms with Crippen molar-refractivity contribution in [3.8, 4) is 11.1 Å². The van der Waals surface area contributed by atoms with Crippen molar-refractivity contribution in [1.82, 2.24) is 9.55 Å². The molecule has 0 spiro atoms. The first-order valence-corrected chi connectivity index (χ1v) is 12.5. The number of carbonyl (C=O) groups is 1. The molecule has 5 aromatic carbocycles. The molecule has 0 fully saturated rings. The summed E-state index contributed by atoms with van der Waals surface area (Å²) in [5.74, 6) is -0.529. The monoisotopic (exact) mass is 496 g/mol. The molecule has 0 aliphatic carbocycles. The lowest BCUT2D eigenvalue weighted by Crippen LogP contribution is -2.37. The van der Waals surface area contributed by atoms with Crippen LogP contribution in [-0.4, -0.2) is 15.8 Å². The maximum absolute atomic E-state index is 14.5. The van der Waals surface area contributed by atoms with Crippen LogP contribution in [-0.2, 0) is 5.54 Å². The number of hydrogen-bond donors (Lipinski definition) is 0. The van der Waals surface area contributed by atoms with Crippen LogP contribution in [0.2, 0.25) is 0 Å². The minimum atomic E-state index is -0.676. The number of aromatic nitrogens is 2. The second-order valence-corrected chi connectivity index (χ2v) is 9.43. The maximum Gasteiger partial charge on any atom is 0.152 e. The molecular formula is C34H25FN2O. The fourth-order valence-corrected chi connectivity index (χ4v) is 5.48. The van der Waals surface area contributed by atoms with Crippen molar-refractivity contribution in [3.63, 3.8) is 0 Å². The summed E-state index contributed by atoms with van der Waals surface area (Å²) in [6.45, 7) is 2.02. The average molecular weight is 497 g/mol. The third-order valence-electron chi connectivity index (χ3n) is 7.27. The standard InChI is InChI=1S/C34H25FN2O/c1-24-19-33-32(21-30(24)25-17-18-26(22-38)31(35)20-25)36-23-37(33)34(27-11-5-2-6-12-27,28-13-7-3-8-14-28)29-15-9-4-10-16-29/h2-23H,1H3. The molecule has 0 aliphatic rings. The Morgan fingerprint density at radius 3 is 1.79 bits per heavy atom. The van der Waals surface area contributed by atoms with E-state index in [-0.39, 0.29) is 5.56 Å². The number of hydrogen-bond acceptors (Lipinski definition) is 2. The van der Waals surface area contributed by atoms with Crippen LogP contribution in [0.25, 0.3) is 22.2 Å². The van der Waals surface area contributed by atoms with E-state index < -0.39 is 11.4 Å². The zero-order chi connectivity index (χ0) is 26.1. The molecule has 6 rings (SSSR count). The summed E-state index contributed by atoms with van der Waals surface area (Å²) in [6.07, 6.45) is 2.43. The molecule has 1 aromatic heterocycles. The highest BCUT2D eigenvalue weighted by Gasteiger charge is 2.39. The van der Waals surface area contributed by atoms with Gasteiger partial charge in [0.15, 0.2) is 6.29 Å². The van der Waals surface area contributed by atoms with E-state index in [1.54, 1.807) is 6.07 Å². The van der Waals surface area contributed by atoms with Crippen molar-refractivity contribution < 1.29 is 9.18 Å². The van der Waals surface area contributed by atoms with Crippen molar-refractivity contribution in [1.29, 1.82) is 0 Å². The van der Waals surface area contributed by atoms with Gasteiger partial charge in [-0.05, 0) is 64.6 Å². The predicted molar refractivity (Wildman–Crippen MR) is 150 cm³/mol. The number of nitrogens with zero attached hydrogens (tertiary/aromatic N) is 2. The lowest BCUT2D eigenvalue weighted by molar-refractivity contribution is 0.112. The normalized spacial score (nSPS) is 11.5. The van der Waals surface area contributed by atoms with E-state index in [0.717, 1.165) is 38.9 Å². The van der Waals surface area contributed by atoms with E-state index in [2.05, 4.69) is 83.4 Å². The molecule has 0 aliphatic heterocycles. The summed E-state index contributed by atoms with van der Waals surface area (Å²) in [4.78, 5) is 16.0. The molecule has 3 nitrogen and oxygen atoms in total. The largest absolute Gasteiger partial charge is 0.312 e. The van der Waals surface area contributed by atoms with Gasteiger partial charge in [-0.2, -0.15) is 0 Å². The summed E-state index contributed by atoms with van der Waals surface area (Å²) in [5, 5.41) is 0. The van der Waals surface area contributed by atoms with Crippen molar-refractivity contribution >= 4 is 17.3 Å². The Kier molecular flexibility index (Phi) is 5.93. The highest BCUT2D eigenvalue weighted by Crippen LogP contribution is 2.43. The lowest BCUT2D eigenvalue weighted by atomic mass is 9.76. The van der Waals surface area contributed by atoms with Gasteiger partial charge < -0.3 is 4.57 Å². The molecule has 0 bridgehead atoms. The van der Waals surface area contributed by atoms with Crippen LogP contribution in [0.5, 0.6) is 0 Å². The Balaban J connectivity index is 1.65. The van der Waals surface area contributed by atoms with Crippen LogP contribution in [0.4, 0.5) is 4.39 Å². The van der Waals surface area contributed by atoms with Crippen LogP contribution in [0, 0.1) is 12.7 Å². The first-order chi connectivity index (χ1) is 18.6. The number of aldehydes is 1. The Hall–Kier alpha value is -4.83. The Morgan fingerprint density at radius 1 is 0.737 bits per heavy atom. The Bertz CT molecular complexity index is 1650. The van der Waals surface area contributed by atoms with Crippen molar-refractivity contribution in [3.05, 3.63) is 161 Å². The van der Waals surface area contributed by atoms with Gasteiger partial charge in [-0.3, -0.25) is 4.79 Å². The van der Waals surface area contributed by atoms with E-state index in [1.165, 1.54) is 12.1 Å². The highest BCUT2D eigenvalue weighted by atomic mass is 19.1. The van der Waals surface area contributed by atoms with E-state index in [4.69, 9.17) is 4.98 Å². The van der Waals surface area contributed by atoms with E-state index >= 15 is 0 Å². The molecule has 0 amide bonds. The minimum absolute atomic E-state index is 0.0510. The molecule has 0 unspecified atom stereocenters. The van der Waals surface area contributed by atoms with Crippen LogP contribution < -0.4 is 0 Å². The van der Waals surface area contributed by atoms with E-state index in [9.17, 15) is 9.18 Å². The Labute approximate surface area is 220 Å². The van der Waals surface area contributed by atoms with Gasteiger partial charge in [0.25, 0.3) is 0 Å². The van der Waals surface area contributed by atoms with Gasteiger partial charge in [0.2, 0.25) is 0 Å². The quantitative estimate of drug-likeness (QED) is 0.174. The van der Waals surface area contributed by atoms with Gasteiger partial charge in [0.1, 0.15) is 11.4 Å². The number of aryl methyl sites for hydroxylation is 1. The van der Waals surface area contributed by atoms with Crippen molar-refractivity contribution in [2.45, 2.75) is 12.5 Å². The SMILES string of the molecule is Cc1cc2c(cc1-c1ccc(C=O)c(F)c1)ncn2C(c1ccccc1)(c1ccccc1)c1ccccc1. The third kappa shape index (κ3) is 3.73. The lowest BCUT2D eigenvalue weighted by Gasteiger charge is -2.38. The zero-order valence-electron chi connectivity index (χ0n) is 20.9. The first-order valence-electron chi connectivity index (χ1n) is 12.5. The number of rotatable bonds is 6. The molecule has 0 saturated heterocycles. The van der Waals surface area contributed by atoms with Gasteiger partial charge in [-0.15, -0.1) is 0 Å². The highest BCUT2D eigenvalue weighted by molar-refractivity contribution is 5.86. The second kappa shape index (κ2) is 9.56. The average Bonchev–Trinajstić information content (AvgIpc) is 3.37. The van der Waals surface area contributed by atoms with Crippen LogP contribution in [0.1, 0.15) is 32.6 Å². The number of fused-ring (bicyclic) bond motifs is 1. The third-order valence-corrected chi connectivity index (χ3v) is 7.27. The minimum Gasteiger partial charge on any atom is -0.312 e. The molecule has 0 atom stereocenters. The van der Waals surface area contributed by atoms with Crippen molar-refractivity contribution in [2.24, 2.45) is 0 Å². The summed E-state index contributed by atoms with van der Waals surface area (Å²) in [7, 11) is 0. The first kappa shape index (κ1) is 23.6. The number of imidazole rings is 1. The van der Waals surface area contributed by atoms with E-state index in [1.807, 2.05) is 37.5 Å². The molecular weight excluding hydrogens is 471 g/mol. The van der Waals surface area contributed by atoms with Gasteiger partial charge >= 0.3 is 0 Å². The van der Waals surface area contributed by atoms with Crippen LogP contribution in [0.3, 0.4) is 0 Å². The van der Waals surface area contributed by atoms with Gasteiger partial charge in [-0.1, -0.05) is 97.1 Å². The predicted octanol–water partition coefficient (Wildman–Crippen LogP) is 7.80. The smallest absolute Gasteiger partial charge is 0.152 e. The molecule has 38 heavy (non-hydrogen) atoms. The second-order valence-electron chi connectivity index (χ2n) is 9.43. The molecule has 184 valence electrons. The summed E-state index contributed by atoms with van der Waals surface area (Å²) in [5.41, 5.74) is 7.07. The molecule has 0 N–H and O–H groups in total. The topological polar surface area (TPSA) is 34.9 Å². The zero-order valence-corrected chi connectivity index (χ0v) is 20.9. The van der Waals surface area contributed by atoms with Gasteiger partial charge in [-0.25, -0.2) is 9.37 Å².